The fraction of sp³-hybridized carbons (Fsp3) is 0.426. The maximum absolute atomic E-state index is 13.8. The van der Waals surface area contributed by atoms with E-state index < -0.39 is 35.5 Å². The molecule has 0 aliphatic carbocycles. The smallest absolute Gasteiger partial charge is 0.262 e. The predicted octanol–water partition coefficient (Wildman–Crippen LogP) is 5.29. The third kappa shape index (κ3) is 8.89. The molecule has 3 N–H and O–H groups in total. The van der Waals surface area contributed by atoms with Crippen LogP contribution in [0, 0.1) is 11.7 Å². The Labute approximate surface area is 379 Å². The van der Waals surface area contributed by atoms with E-state index in [-0.39, 0.29) is 29.9 Å². The van der Waals surface area contributed by atoms with Crippen molar-refractivity contribution >= 4 is 74.9 Å². The highest BCUT2D eigenvalue weighted by Crippen LogP contribution is 2.38. The van der Waals surface area contributed by atoms with Gasteiger partial charge in [0.15, 0.2) is 0 Å². The largest absolute Gasteiger partial charge is 0.486 e. The number of amides is 5. The van der Waals surface area contributed by atoms with E-state index in [9.17, 15) is 28.4 Å². The van der Waals surface area contributed by atoms with Gasteiger partial charge in [0.1, 0.15) is 35.9 Å². The zero-order chi connectivity index (χ0) is 44.8. The molecule has 3 aromatic carbocycles. The van der Waals surface area contributed by atoms with Gasteiger partial charge in [-0.2, -0.15) is 0 Å². The molecule has 65 heavy (non-hydrogen) atoms. The number of halogens is 2. The number of imide groups is 2. The molecule has 5 saturated heterocycles. The van der Waals surface area contributed by atoms with Gasteiger partial charge in [0.2, 0.25) is 17.7 Å². The number of carbonyl (C=O) groups is 5. The van der Waals surface area contributed by atoms with Crippen molar-refractivity contribution in [2.24, 2.45) is 5.92 Å². The van der Waals surface area contributed by atoms with Gasteiger partial charge in [-0.15, -0.1) is 0 Å². The molecule has 6 aliphatic rings. The van der Waals surface area contributed by atoms with Gasteiger partial charge < -0.3 is 25.0 Å². The minimum Gasteiger partial charge on any atom is -0.486 e. The molecule has 3 unspecified atom stereocenters. The first kappa shape index (κ1) is 42.9. The Bertz CT molecular complexity index is 2590. The third-order valence-corrected chi connectivity index (χ3v) is 13.9. The Morgan fingerprint density at radius 1 is 0.938 bits per heavy atom. The normalized spacial score (nSPS) is 24.0. The summed E-state index contributed by atoms with van der Waals surface area (Å²) in [6.07, 6.45) is 9.99. The number of hydrogen-bond donors (Lipinski definition) is 3. The van der Waals surface area contributed by atoms with Crippen molar-refractivity contribution in [1.82, 2.24) is 30.0 Å². The minimum absolute atomic E-state index is 0.0229. The summed E-state index contributed by atoms with van der Waals surface area (Å²) in [5.74, 6) is -1.33. The van der Waals surface area contributed by atoms with Gasteiger partial charge in [0.25, 0.3) is 11.8 Å². The van der Waals surface area contributed by atoms with E-state index in [1.165, 1.54) is 18.5 Å². The van der Waals surface area contributed by atoms with Crippen molar-refractivity contribution < 1.29 is 37.8 Å². The lowest BCUT2D eigenvalue weighted by atomic mass is 9.95. The number of piperidine rings is 2. The van der Waals surface area contributed by atoms with Crippen LogP contribution in [0.4, 0.5) is 27.3 Å². The summed E-state index contributed by atoms with van der Waals surface area (Å²) < 4.78 is 25.7. The molecule has 4 atom stereocenters. The second-order valence-corrected chi connectivity index (χ2v) is 18.2. The van der Waals surface area contributed by atoms with E-state index in [0.29, 0.717) is 82.7 Å². The van der Waals surface area contributed by atoms with Crippen LogP contribution in [-0.4, -0.2) is 131 Å². The van der Waals surface area contributed by atoms with E-state index in [2.05, 4.69) is 40.6 Å². The highest BCUT2D eigenvalue weighted by atomic mass is 35.5. The monoisotopic (exact) mass is 905 g/mol. The van der Waals surface area contributed by atoms with Crippen molar-refractivity contribution in [3.63, 3.8) is 0 Å². The molecule has 338 valence electrons. The summed E-state index contributed by atoms with van der Waals surface area (Å²) in [5, 5.41) is 9.05. The van der Waals surface area contributed by atoms with Gasteiger partial charge in [0.05, 0.1) is 40.6 Å². The second-order valence-electron chi connectivity index (χ2n) is 17.7. The number of benzene rings is 3. The maximum atomic E-state index is 13.8. The fourth-order valence-electron chi connectivity index (χ4n) is 10.2. The Kier molecular flexibility index (Phi) is 12.0. The standard InChI is InChI=1S/C47H49ClFN9O7/c48-36-18-28(3-8-37(36)49)52-44-35-20-39(41(21-38(35)50-26-51-44)65-32-13-17-64-25-32)53-42(59)2-1-14-55-15-11-27(12-16-55)22-57-30-4-5-31(57)24-56(23-30)29-6-7-33-34(19-29)47(63)58(46(33)62)40-9-10-43(60)54-45(40)61/h1-3,6-8,18-21,26-27,30-32,40H,4-5,9-17,22-25H2,(H,53,59)(H,50,51,52)(H,54,60,61)/b2-1+/t30?,31?,32-,40?/m0/s1. The molecule has 5 amide bonds. The molecule has 2 bridgehead atoms. The average Bonchev–Trinajstić information content (AvgIpc) is 3.96. The van der Waals surface area contributed by atoms with Gasteiger partial charge in [-0.1, -0.05) is 17.7 Å². The summed E-state index contributed by atoms with van der Waals surface area (Å²) in [6.45, 7) is 6.26. The Balaban J connectivity index is 0.725. The van der Waals surface area contributed by atoms with Gasteiger partial charge in [-0.25, -0.2) is 14.4 Å². The van der Waals surface area contributed by atoms with Crippen LogP contribution >= 0.6 is 11.6 Å². The molecule has 0 radical (unpaired) electrons. The van der Waals surface area contributed by atoms with Crippen LogP contribution in [-0.2, 0) is 19.1 Å². The minimum atomic E-state index is -0.985. The zero-order valence-electron chi connectivity index (χ0n) is 35.6. The average molecular weight is 906 g/mol. The maximum Gasteiger partial charge on any atom is 0.262 e. The van der Waals surface area contributed by atoms with Crippen molar-refractivity contribution in [2.75, 3.05) is 68.0 Å². The number of nitrogens with one attached hydrogen (secondary N) is 3. The van der Waals surface area contributed by atoms with E-state index in [0.717, 1.165) is 75.4 Å². The molecule has 16 nitrogen and oxygen atoms in total. The number of ether oxygens (including phenoxy) is 2. The Hall–Kier alpha value is -6.01. The van der Waals surface area contributed by atoms with Crippen LogP contribution in [0.1, 0.15) is 65.7 Å². The van der Waals surface area contributed by atoms with Crippen molar-refractivity contribution in [1.29, 1.82) is 0 Å². The highest BCUT2D eigenvalue weighted by molar-refractivity contribution is 6.31. The van der Waals surface area contributed by atoms with Crippen molar-refractivity contribution in [3.05, 3.63) is 89.0 Å². The van der Waals surface area contributed by atoms with E-state index >= 15 is 0 Å². The summed E-state index contributed by atoms with van der Waals surface area (Å²) in [7, 11) is 0. The molecular formula is C47H49ClFN9O7. The Morgan fingerprint density at radius 2 is 1.74 bits per heavy atom. The lowest BCUT2D eigenvalue weighted by Gasteiger charge is -2.44. The lowest BCUT2D eigenvalue weighted by Crippen LogP contribution is -2.55. The van der Waals surface area contributed by atoms with Crippen molar-refractivity contribution in [2.45, 2.75) is 69.2 Å². The molecule has 7 heterocycles. The van der Waals surface area contributed by atoms with Crippen LogP contribution in [0.2, 0.25) is 5.02 Å². The first-order valence-corrected chi connectivity index (χ1v) is 22.7. The number of aromatic nitrogens is 2. The summed E-state index contributed by atoms with van der Waals surface area (Å²) in [5.41, 5.74) is 3.09. The number of nitrogens with zero attached hydrogens (tertiary/aromatic N) is 6. The Morgan fingerprint density at radius 3 is 2.49 bits per heavy atom. The number of fused-ring (bicyclic) bond motifs is 4. The quantitative estimate of drug-likeness (QED) is 0.124. The van der Waals surface area contributed by atoms with Gasteiger partial charge in [0, 0.05) is 80.0 Å². The molecule has 4 aromatic rings. The van der Waals surface area contributed by atoms with E-state index in [1.807, 2.05) is 12.1 Å². The molecule has 6 aliphatic heterocycles. The zero-order valence-corrected chi connectivity index (χ0v) is 36.4. The van der Waals surface area contributed by atoms with Crippen LogP contribution < -0.4 is 25.6 Å². The summed E-state index contributed by atoms with van der Waals surface area (Å²) in [4.78, 5) is 81.6. The number of likely N-dealkylation sites (tertiary alicyclic amines) is 1. The molecule has 0 spiro atoms. The van der Waals surface area contributed by atoms with Crippen molar-refractivity contribution in [3.8, 4) is 5.75 Å². The van der Waals surface area contributed by atoms with Crippen LogP contribution in [0.25, 0.3) is 10.9 Å². The number of piperazine rings is 1. The topological polar surface area (TPSA) is 179 Å². The molecule has 10 rings (SSSR count). The van der Waals surface area contributed by atoms with E-state index in [4.69, 9.17) is 21.1 Å². The highest BCUT2D eigenvalue weighted by Gasteiger charge is 2.46. The molecule has 1 aromatic heterocycles. The predicted molar refractivity (Wildman–Crippen MR) is 240 cm³/mol. The second kappa shape index (κ2) is 18.1. The number of anilines is 4. The van der Waals surface area contributed by atoms with Crippen LogP contribution in [0.15, 0.2) is 67.0 Å². The summed E-state index contributed by atoms with van der Waals surface area (Å²) in [6, 6.07) is 13.1. The SMILES string of the molecule is O=C(/C=C/CN1CCC(CN2C3CCC2CN(c2ccc4c(c2)C(=O)N(C2CCC(=O)NC2=O)C4=O)C3)CC1)Nc1cc2c(Nc3ccc(F)c(Cl)c3)ncnc2cc1O[C@H]1CCOC1. The van der Waals surface area contributed by atoms with E-state index in [1.54, 1.807) is 36.4 Å². The van der Waals surface area contributed by atoms with Gasteiger partial charge in [-0.3, -0.25) is 44.0 Å². The third-order valence-electron chi connectivity index (χ3n) is 13.6. The van der Waals surface area contributed by atoms with Gasteiger partial charge in [-0.05, 0) is 93.6 Å². The molecular weight excluding hydrogens is 857 g/mol. The molecule has 5 fully saturated rings. The molecule has 0 saturated carbocycles. The first-order valence-electron chi connectivity index (χ1n) is 22.4. The number of rotatable bonds is 12. The van der Waals surface area contributed by atoms with Crippen LogP contribution in [0.5, 0.6) is 5.75 Å². The molecule has 18 heteroatoms. The summed E-state index contributed by atoms with van der Waals surface area (Å²) >= 11 is 6.03. The first-order chi connectivity index (χ1) is 31.5. The number of carbonyl (C=O) groups excluding carboxylic acids is 5. The van der Waals surface area contributed by atoms with Gasteiger partial charge >= 0.3 is 0 Å². The van der Waals surface area contributed by atoms with Crippen LogP contribution in [0.3, 0.4) is 0 Å². The fourth-order valence-corrected chi connectivity index (χ4v) is 10.3. The lowest BCUT2D eigenvalue weighted by molar-refractivity contribution is -0.136. The number of hydrogen-bond acceptors (Lipinski definition) is 13.